The third kappa shape index (κ3) is 1.97. The quantitative estimate of drug-likeness (QED) is 0.617. The number of hydrogen-bond acceptors (Lipinski definition) is 5. The summed E-state index contributed by atoms with van der Waals surface area (Å²) >= 11 is 0. The molecule has 0 radical (unpaired) electrons. The van der Waals surface area contributed by atoms with Gasteiger partial charge in [0.2, 0.25) is 0 Å². The Morgan fingerprint density at radius 3 is 2.46 bits per heavy atom. The van der Waals surface area contributed by atoms with Crippen molar-refractivity contribution in [3.63, 3.8) is 0 Å². The van der Waals surface area contributed by atoms with Crippen molar-refractivity contribution in [3.8, 4) is 0 Å². The molecule has 3 saturated carbocycles. The van der Waals surface area contributed by atoms with E-state index in [9.17, 15) is 24.9 Å². The van der Waals surface area contributed by atoms with Gasteiger partial charge in [0, 0.05) is 16.4 Å². The zero-order valence-electron chi connectivity index (χ0n) is 15.6. The molecule has 0 bridgehead atoms. The summed E-state index contributed by atoms with van der Waals surface area (Å²) in [5.41, 5.74) is -2.00. The molecular formula is C21H28O5. The maximum absolute atomic E-state index is 13.0. The molecule has 0 heterocycles. The third-order valence-corrected chi connectivity index (χ3v) is 8.29. The first-order valence-corrected chi connectivity index (χ1v) is 9.62. The number of carbonyl (C=O) groups is 2. The lowest BCUT2D eigenvalue weighted by Crippen LogP contribution is -2.61. The normalized spacial score (nSPS) is 52.8. The van der Waals surface area contributed by atoms with Gasteiger partial charge >= 0.3 is 0 Å². The summed E-state index contributed by atoms with van der Waals surface area (Å²) in [6.07, 6.45) is 5.70. The van der Waals surface area contributed by atoms with Crippen LogP contribution in [0.2, 0.25) is 0 Å². The Morgan fingerprint density at radius 2 is 1.81 bits per heavy atom. The van der Waals surface area contributed by atoms with E-state index >= 15 is 0 Å². The number of ketones is 2. The molecule has 8 atom stereocenters. The molecule has 0 aromatic heterocycles. The number of Topliss-reactive ketones (excluding diaryl/α,β-unsaturated/α-hetero) is 2. The van der Waals surface area contributed by atoms with E-state index in [1.54, 1.807) is 12.2 Å². The highest BCUT2D eigenvalue weighted by molar-refractivity contribution is 6.02. The Bertz CT molecular complexity index is 739. The van der Waals surface area contributed by atoms with Gasteiger partial charge in [-0.25, -0.2) is 0 Å². The standard InChI is InChI=1S/C21H28O5/c1-11(22)21(26)9-6-14-16-13(5-8-20(14,21)3)19(2)7-4-12(23)10-15(19)17(24)18(16)25/h4,7,10,12-14,16,18,23,25-26H,5-6,8-9H2,1-3H3/t12-,13+,14+,16-,18-,19-,20+,21+/m1/s1. The second kappa shape index (κ2) is 5.37. The SMILES string of the molecule is CC(=O)[C@@]1(O)CC[C@H]2[C@@H]3[C@@H](O)C(=O)C4=C[C@H](O)C=C[C@]4(C)[C@H]3CC[C@@]21C. The zero-order chi connectivity index (χ0) is 19.1. The van der Waals surface area contributed by atoms with Crippen molar-refractivity contribution in [1.82, 2.24) is 0 Å². The molecule has 3 N–H and O–H groups in total. The number of allylic oxidation sites excluding steroid dienone is 1. The van der Waals surface area contributed by atoms with Crippen LogP contribution in [0.25, 0.3) is 0 Å². The van der Waals surface area contributed by atoms with Gasteiger partial charge in [0.15, 0.2) is 11.6 Å². The molecule has 3 fully saturated rings. The van der Waals surface area contributed by atoms with Gasteiger partial charge in [-0.15, -0.1) is 0 Å². The number of fused-ring (bicyclic) bond motifs is 5. The van der Waals surface area contributed by atoms with Gasteiger partial charge in [0.25, 0.3) is 0 Å². The van der Waals surface area contributed by atoms with Crippen molar-refractivity contribution in [2.75, 3.05) is 0 Å². The lowest BCUT2D eigenvalue weighted by Gasteiger charge is -2.58. The van der Waals surface area contributed by atoms with E-state index < -0.39 is 28.6 Å². The molecule has 5 heteroatoms. The molecule has 4 rings (SSSR count). The van der Waals surface area contributed by atoms with Gasteiger partial charge in [-0.2, -0.15) is 0 Å². The number of carbonyl (C=O) groups excluding carboxylic acids is 2. The lowest BCUT2D eigenvalue weighted by atomic mass is 9.46. The first kappa shape index (κ1) is 18.1. The second-order valence-corrected chi connectivity index (χ2v) is 9.22. The van der Waals surface area contributed by atoms with E-state index in [2.05, 4.69) is 0 Å². The first-order chi connectivity index (χ1) is 12.1. The Hall–Kier alpha value is -1.30. The molecule has 0 spiro atoms. The van der Waals surface area contributed by atoms with Crippen LogP contribution in [0.4, 0.5) is 0 Å². The van der Waals surface area contributed by atoms with Gasteiger partial charge in [-0.1, -0.05) is 26.0 Å². The van der Waals surface area contributed by atoms with Crippen molar-refractivity contribution in [3.05, 3.63) is 23.8 Å². The average molecular weight is 360 g/mol. The van der Waals surface area contributed by atoms with Crippen LogP contribution in [0.15, 0.2) is 23.8 Å². The zero-order valence-corrected chi connectivity index (χ0v) is 15.6. The fourth-order valence-electron chi connectivity index (χ4n) is 6.73. The molecule has 0 unspecified atom stereocenters. The lowest BCUT2D eigenvalue weighted by molar-refractivity contribution is -0.169. The smallest absolute Gasteiger partial charge is 0.188 e. The minimum absolute atomic E-state index is 0.0533. The molecule has 0 amide bonds. The van der Waals surface area contributed by atoms with Gasteiger partial charge in [0.1, 0.15) is 11.7 Å². The van der Waals surface area contributed by atoms with Crippen LogP contribution in [0.5, 0.6) is 0 Å². The Morgan fingerprint density at radius 1 is 1.15 bits per heavy atom. The monoisotopic (exact) mass is 360 g/mol. The molecule has 0 aliphatic heterocycles. The minimum Gasteiger partial charge on any atom is -0.385 e. The minimum atomic E-state index is -1.37. The molecular weight excluding hydrogens is 332 g/mol. The third-order valence-electron chi connectivity index (χ3n) is 8.29. The Balaban J connectivity index is 1.80. The number of hydrogen-bond donors (Lipinski definition) is 3. The topological polar surface area (TPSA) is 94.8 Å². The molecule has 5 nitrogen and oxygen atoms in total. The molecule has 0 aromatic rings. The molecule has 4 aliphatic rings. The van der Waals surface area contributed by atoms with Gasteiger partial charge < -0.3 is 15.3 Å². The van der Waals surface area contributed by atoms with Crippen LogP contribution in [0.3, 0.4) is 0 Å². The van der Waals surface area contributed by atoms with Crippen LogP contribution in [0, 0.1) is 28.6 Å². The van der Waals surface area contributed by atoms with E-state index in [0.717, 1.165) is 6.42 Å². The van der Waals surface area contributed by atoms with Crippen LogP contribution in [-0.2, 0) is 9.59 Å². The number of aliphatic hydroxyl groups is 3. The summed E-state index contributed by atoms with van der Waals surface area (Å²) in [4.78, 5) is 25.2. The van der Waals surface area contributed by atoms with Gasteiger partial charge in [0.05, 0.1) is 6.10 Å². The van der Waals surface area contributed by atoms with Crippen LogP contribution < -0.4 is 0 Å². The van der Waals surface area contributed by atoms with E-state index in [-0.39, 0.29) is 29.3 Å². The highest BCUT2D eigenvalue weighted by Crippen LogP contribution is 2.66. The number of rotatable bonds is 1. The summed E-state index contributed by atoms with van der Waals surface area (Å²) in [6, 6.07) is 0. The van der Waals surface area contributed by atoms with Gasteiger partial charge in [-0.05, 0) is 56.4 Å². The summed E-state index contributed by atoms with van der Waals surface area (Å²) in [5, 5.41) is 32.0. The van der Waals surface area contributed by atoms with Crippen molar-refractivity contribution < 1.29 is 24.9 Å². The average Bonchev–Trinajstić information content (AvgIpc) is 2.87. The summed E-state index contributed by atoms with van der Waals surface area (Å²) in [7, 11) is 0. The first-order valence-electron chi connectivity index (χ1n) is 9.62. The van der Waals surface area contributed by atoms with Crippen molar-refractivity contribution in [2.45, 2.75) is 64.3 Å². The van der Waals surface area contributed by atoms with E-state index in [0.29, 0.717) is 24.8 Å². The van der Waals surface area contributed by atoms with Crippen molar-refractivity contribution in [1.29, 1.82) is 0 Å². The summed E-state index contributed by atoms with van der Waals surface area (Å²) in [6.45, 7) is 5.40. The summed E-state index contributed by atoms with van der Waals surface area (Å²) < 4.78 is 0. The molecule has 0 aromatic carbocycles. The molecule has 142 valence electrons. The highest BCUT2D eigenvalue weighted by atomic mass is 16.3. The largest absolute Gasteiger partial charge is 0.385 e. The summed E-state index contributed by atoms with van der Waals surface area (Å²) in [5.74, 6) is -0.841. The van der Waals surface area contributed by atoms with Gasteiger partial charge in [-0.3, -0.25) is 9.59 Å². The van der Waals surface area contributed by atoms with Crippen LogP contribution in [-0.4, -0.2) is 44.7 Å². The molecule has 4 aliphatic carbocycles. The van der Waals surface area contributed by atoms with E-state index in [1.807, 2.05) is 19.9 Å². The Labute approximate surface area is 153 Å². The van der Waals surface area contributed by atoms with Crippen LogP contribution in [0.1, 0.15) is 46.5 Å². The number of aliphatic hydroxyl groups excluding tert-OH is 2. The fraction of sp³-hybridized carbons (Fsp3) is 0.714. The predicted molar refractivity (Wildman–Crippen MR) is 95.0 cm³/mol. The Kier molecular flexibility index (Phi) is 3.73. The van der Waals surface area contributed by atoms with Crippen molar-refractivity contribution >= 4 is 11.6 Å². The predicted octanol–water partition coefficient (Wildman–Crippen LogP) is 1.56. The van der Waals surface area contributed by atoms with E-state index in [1.165, 1.54) is 6.92 Å². The highest BCUT2D eigenvalue weighted by Gasteiger charge is 2.68. The molecule has 26 heavy (non-hydrogen) atoms. The van der Waals surface area contributed by atoms with Crippen molar-refractivity contribution in [2.24, 2.45) is 28.6 Å². The molecule has 0 saturated heterocycles. The maximum Gasteiger partial charge on any atom is 0.188 e. The second-order valence-electron chi connectivity index (χ2n) is 9.22. The van der Waals surface area contributed by atoms with Crippen LogP contribution >= 0.6 is 0 Å². The van der Waals surface area contributed by atoms with E-state index in [4.69, 9.17) is 0 Å². The fourth-order valence-corrected chi connectivity index (χ4v) is 6.73. The maximum atomic E-state index is 13.0.